The first-order valence-electron chi connectivity index (χ1n) is 7.44. The highest BCUT2D eigenvalue weighted by Gasteiger charge is 2.13. The van der Waals surface area contributed by atoms with Gasteiger partial charge in [-0.05, 0) is 49.4 Å². The molecule has 0 saturated carbocycles. The molecular weight excluding hydrogens is 313 g/mol. The summed E-state index contributed by atoms with van der Waals surface area (Å²) in [6.45, 7) is 2.10. The van der Waals surface area contributed by atoms with Gasteiger partial charge in [0, 0.05) is 5.56 Å². The molecule has 0 unspecified atom stereocenters. The highest BCUT2D eigenvalue weighted by Crippen LogP contribution is 2.18. The Kier molecular flexibility index (Phi) is 6.01. The van der Waals surface area contributed by atoms with E-state index < -0.39 is 5.82 Å². The Balaban J connectivity index is 1.87. The second kappa shape index (κ2) is 8.19. The van der Waals surface area contributed by atoms with Crippen molar-refractivity contribution < 1.29 is 23.4 Å². The third-order valence-electron chi connectivity index (χ3n) is 3.35. The highest BCUT2D eigenvalue weighted by atomic mass is 19.1. The Morgan fingerprint density at radius 1 is 1.08 bits per heavy atom. The topological polar surface area (TPSA) is 56.8 Å². The van der Waals surface area contributed by atoms with Crippen LogP contribution in [0.25, 0.3) is 0 Å². The molecule has 0 aliphatic carbocycles. The molecule has 2 aromatic rings. The maximum atomic E-state index is 13.6. The van der Waals surface area contributed by atoms with Gasteiger partial charge in [0.05, 0.1) is 20.3 Å². The standard InChI is InChI=1S/C18H20FNO4/c1-12(11-24-15-7-5-14(22-2)6-8-15)20-18(21)13-4-9-17(23-3)16(19)10-13/h4-10,12H,11H2,1-3H3,(H,20,21)/t12-/m1/s1. The van der Waals surface area contributed by atoms with Crippen molar-refractivity contribution in [3.8, 4) is 17.2 Å². The van der Waals surface area contributed by atoms with E-state index in [2.05, 4.69) is 5.32 Å². The van der Waals surface area contributed by atoms with Gasteiger partial charge in [0.25, 0.3) is 5.91 Å². The lowest BCUT2D eigenvalue weighted by Gasteiger charge is -2.15. The zero-order chi connectivity index (χ0) is 17.5. The number of methoxy groups -OCH3 is 2. The van der Waals surface area contributed by atoms with Crippen LogP contribution in [0.3, 0.4) is 0 Å². The number of amides is 1. The van der Waals surface area contributed by atoms with Crippen molar-refractivity contribution in [1.29, 1.82) is 0 Å². The second-order valence-corrected chi connectivity index (χ2v) is 5.21. The summed E-state index contributed by atoms with van der Waals surface area (Å²) >= 11 is 0. The van der Waals surface area contributed by atoms with Crippen LogP contribution in [0.4, 0.5) is 4.39 Å². The molecule has 2 aromatic carbocycles. The molecule has 128 valence electrons. The van der Waals surface area contributed by atoms with Crippen LogP contribution in [0.15, 0.2) is 42.5 Å². The van der Waals surface area contributed by atoms with Crippen LogP contribution in [0, 0.1) is 5.82 Å². The smallest absolute Gasteiger partial charge is 0.251 e. The minimum Gasteiger partial charge on any atom is -0.497 e. The normalized spacial score (nSPS) is 11.5. The van der Waals surface area contributed by atoms with Crippen molar-refractivity contribution in [1.82, 2.24) is 5.32 Å². The van der Waals surface area contributed by atoms with Gasteiger partial charge in [-0.1, -0.05) is 0 Å². The molecule has 2 rings (SSSR count). The molecule has 0 radical (unpaired) electrons. The summed E-state index contributed by atoms with van der Waals surface area (Å²) in [4.78, 5) is 12.1. The number of ether oxygens (including phenoxy) is 3. The number of halogens is 1. The van der Waals surface area contributed by atoms with E-state index in [1.807, 2.05) is 0 Å². The number of carbonyl (C=O) groups is 1. The summed E-state index contributed by atoms with van der Waals surface area (Å²) < 4.78 is 29.1. The van der Waals surface area contributed by atoms with Gasteiger partial charge < -0.3 is 19.5 Å². The predicted octanol–water partition coefficient (Wildman–Crippen LogP) is 3.04. The molecule has 5 nitrogen and oxygen atoms in total. The second-order valence-electron chi connectivity index (χ2n) is 5.21. The Morgan fingerprint density at radius 2 is 1.75 bits per heavy atom. The van der Waals surface area contributed by atoms with E-state index in [1.165, 1.54) is 19.2 Å². The third-order valence-corrected chi connectivity index (χ3v) is 3.35. The SMILES string of the molecule is COc1ccc(OC[C@@H](C)NC(=O)c2ccc(OC)c(F)c2)cc1. The van der Waals surface area contributed by atoms with E-state index in [0.29, 0.717) is 5.75 Å². The van der Waals surface area contributed by atoms with Crippen molar-refractivity contribution in [2.75, 3.05) is 20.8 Å². The fraction of sp³-hybridized carbons (Fsp3) is 0.278. The molecule has 1 atom stereocenters. The summed E-state index contributed by atoms with van der Waals surface area (Å²) in [6.07, 6.45) is 0. The van der Waals surface area contributed by atoms with Crippen LogP contribution in [0.1, 0.15) is 17.3 Å². The summed E-state index contributed by atoms with van der Waals surface area (Å²) in [6, 6.07) is 11.0. The van der Waals surface area contributed by atoms with Crippen LogP contribution >= 0.6 is 0 Å². The largest absolute Gasteiger partial charge is 0.497 e. The van der Waals surface area contributed by atoms with Crippen LogP contribution < -0.4 is 19.5 Å². The van der Waals surface area contributed by atoms with Gasteiger partial charge in [0.15, 0.2) is 11.6 Å². The number of carbonyl (C=O) groups excluding carboxylic acids is 1. The molecule has 24 heavy (non-hydrogen) atoms. The summed E-state index contributed by atoms with van der Waals surface area (Å²) in [7, 11) is 2.96. The fourth-order valence-corrected chi connectivity index (χ4v) is 2.05. The lowest BCUT2D eigenvalue weighted by atomic mass is 10.2. The average molecular weight is 333 g/mol. The van der Waals surface area contributed by atoms with Gasteiger partial charge in [0.1, 0.15) is 18.1 Å². The lowest BCUT2D eigenvalue weighted by Crippen LogP contribution is -2.36. The van der Waals surface area contributed by atoms with Gasteiger partial charge in [-0.15, -0.1) is 0 Å². The van der Waals surface area contributed by atoms with Gasteiger partial charge in [-0.25, -0.2) is 4.39 Å². The maximum Gasteiger partial charge on any atom is 0.251 e. The van der Waals surface area contributed by atoms with E-state index in [0.717, 1.165) is 11.8 Å². The first-order valence-corrected chi connectivity index (χ1v) is 7.44. The zero-order valence-corrected chi connectivity index (χ0v) is 13.8. The van der Waals surface area contributed by atoms with E-state index in [-0.39, 0.29) is 29.9 Å². The van der Waals surface area contributed by atoms with E-state index in [9.17, 15) is 9.18 Å². The molecule has 0 saturated heterocycles. The first kappa shape index (κ1) is 17.6. The summed E-state index contributed by atoms with van der Waals surface area (Å²) in [5.74, 6) is 0.565. The quantitative estimate of drug-likeness (QED) is 0.846. The van der Waals surface area contributed by atoms with E-state index >= 15 is 0 Å². The minimum absolute atomic E-state index is 0.0995. The molecule has 1 N–H and O–H groups in total. The number of benzene rings is 2. The van der Waals surface area contributed by atoms with Crippen LogP contribution in [0.5, 0.6) is 17.2 Å². The van der Waals surface area contributed by atoms with Crippen molar-refractivity contribution >= 4 is 5.91 Å². The monoisotopic (exact) mass is 333 g/mol. The van der Waals surface area contributed by atoms with Gasteiger partial charge in [0.2, 0.25) is 0 Å². The minimum atomic E-state index is -0.577. The lowest BCUT2D eigenvalue weighted by molar-refractivity contribution is 0.0926. The van der Waals surface area contributed by atoms with Gasteiger partial charge in [-0.2, -0.15) is 0 Å². The fourth-order valence-electron chi connectivity index (χ4n) is 2.05. The Labute approximate surface area is 140 Å². The molecule has 0 aliphatic rings. The van der Waals surface area contributed by atoms with Crippen LogP contribution in [-0.4, -0.2) is 32.8 Å². The average Bonchev–Trinajstić information content (AvgIpc) is 2.60. The van der Waals surface area contributed by atoms with Gasteiger partial charge in [-0.3, -0.25) is 4.79 Å². The number of nitrogens with one attached hydrogen (secondary N) is 1. The molecule has 0 bridgehead atoms. The Bertz CT molecular complexity index is 688. The van der Waals surface area contributed by atoms with E-state index in [1.54, 1.807) is 38.3 Å². The molecule has 6 heteroatoms. The van der Waals surface area contributed by atoms with Crippen molar-refractivity contribution in [3.05, 3.63) is 53.8 Å². The molecule has 1 amide bonds. The van der Waals surface area contributed by atoms with Gasteiger partial charge >= 0.3 is 0 Å². The molecule has 0 aromatic heterocycles. The number of hydrogen-bond donors (Lipinski definition) is 1. The molecule has 0 spiro atoms. The number of rotatable bonds is 7. The highest BCUT2D eigenvalue weighted by molar-refractivity contribution is 5.94. The van der Waals surface area contributed by atoms with Crippen molar-refractivity contribution in [2.24, 2.45) is 0 Å². The molecule has 0 fully saturated rings. The molecule has 0 heterocycles. The van der Waals surface area contributed by atoms with Crippen molar-refractivity contribution in [3.63, 3.8) is 0 Å². The zero-order valence-electron chi connectivity index (χ0n) is 13.8. The molecule has 0 aliphatic heterocycles. The Hall–Kier alpha value is -2.76. The summed E-state index contributed by atoms with van der Waals surface area (Å²) in [5.41, 5.74) is 0.226. The van der Waals surface area contributed by atoms with E-state index in [4.69, 9.17) is 14.2 Å². The first-order chi connectivity index (χ1) is 11.5. The molecular formula is C18H20FNO4. The Morgan fingerprint density at radius 3 is 2.33 bits per heavy atom. The summed E-state index contributed by atoms with van der Waals surface area (Å²) in [5, 5.41) is 2.76. The third kappa shape index (κ3) is 4.62. The number of hydrogen-bond acceptors (Lipinski definition) is 4. The van der Waals surface area contributed by atoms with Crippen LogP contribution in [-0.2, 0) is 0 Å². The van der Waals surface area contributed by atoms with Crippen molar-refractivity contribution in [2.45, 2.75) is 13.0 Å². The van der Waals surface area contributed by atoms with Crippen LogP contribution in [0.2, 0.25) is 0 Å². The maximum absolute atomic E-state index is 13.6. The predicted molar refractivity (Wildman–Crippen MR) is 88.4 cm³/mol.